The van der Waals surface area contributed by atoms with Crippen molar-refractivity contribution in [1.82, 2.24) is 9.97 Å². The van der Waals surface area contributed by atoms with Crippen LogP contribution in [0.25, 0.3) is 11.3 Å². The van der Waals surface area contributed by atoms with Crippen LogP contribution in [0.4, 0.5) is 30.2 Å². The van der Waals surface area contributed by atoms with Crippen molar-refractivity contribution in [1.29, 1.82) is 0 Å². The van der Waals surface area contributed by atoms with Crippen molar-refractivity contribution < 1.29 is 22.7 Å². The second-order valence-electron chi connectivity index (χ2n) is 9.46. The fourth-order valence-corrected chi connectivity index (χ4v) is 4.63. The average molecular weight is 549 g/mol. The standard InChI is InChI=1S/C29H27F3N6O2/c30-19-8-9-24(40-16-17-5-2-1-3-6-17)26(32)25(19)27-20(31)13-21(34)28(37-27)29(39)36-22-14-35-11-10-23(22)38-12-4-7-18(33)15-38/h1-3,5-6,8-11,13-14,18H,4,7,12,15-16,33-34H2,(H,36,39)/t18-/m0/s1. The Labute approximate surface area is 228 Å². The van der Waals surface area contributed by atoms with Crippen LogP contribution < -0.4 is 26.4 Å². The number of benzene rings is 2. The molecule has 0 spiro atoms. The molecule has 2 aromatic carbocycles. The molecule has 1 aliphatic heterocycles. The molecule has 0 unspecified atom stereocenters. The number of hydrogen-bond acceptors (Lipinski definition) is 7. The van der Waals surface area contributed by atoms with E-state index in [-0.39, 0.29) is 24.1 Å². The highest BCUT2D eigenvalue weighted by atomic mass is 19.1. The lowest BCUT2D eigenvalue weighted by molar-refractivity contribution is 0.102. The van der Waals surface area contributed by atoms with Gasteiger partial charge in [-0.25, -0.2) is 18.2 Å². The molecule has 1 amide bonds. The van der Waals surface area contributed by atoms with Gasteiger partial charge in [0.1, 0.15) is 18.1 Å². The van der Waals surface area contributed by atoms with Crippen molar-refractivity contribution in [2.75, 3.05) is 29.0 Å². The molecular formula is C29H27F3N6O2. The van der Waals surface area contributed by atoms with E-state index in [0.717, 1.165) is 43.1 Å². The van der Waals surface area contributed by atoms with Gasteiger partial charge in [0.2, 0.25) is 0 Å². The Balaban J connectivity index is 1.45. The highest BCUT2D eigenvalue weighted by Crippen LogP contribution is 2.34. The van der Waals surface area contributed by atoms with Gasteiger partial charge in [-0.15, -0.1) is 0 Å². The third-order valence-corrected chi connectivity index (χ3v) is 6.60. The first-order chi connectivity index (χ1) is 19.3. The molecule has 0 radical (unpaired) electrons. The van der Waals surface area contributed by atoms with Crippen LogP contribution >= 0.6 is 0 Å². The molecule has 8 nitrogen and oxygen atoms in total. The van der Waals surface area contributed by atoms with Gasteiger partial charge >= 0.3 is 0 Å². The first-order valence-corrected chi connectivity index (χ1v) is 12.7. The van der Waals surface area contributed by atoms with Gasteiger partial charge in [0.25, 0.3) is 5.91 Å². The number of nitrogens with one attached hydrogen (secondary N) is 1. The van der Waals surface area contributed by atoms with E-state index in [4.69, 9.17) is 16.2 Å². The average Bonchev–Trinajstić information content (AvgIpc) is 2.94. The summed E-state index contributed by atoms with van der Waals surface area (Å²) < 4.78 is 50.9. The summed E-state index contributed by atoms with van der Waals surface area (Å²) in [6, 6.07) is 13.6. The van der Waals surface area contributed by atoms with Crippen molar-refractivity contribution in [3.8, 4) is 17.0 Å². The summed E-state index contributed by atoms with van der Waals surface area (Å²) in [7, 11) is 0. The smallest absolute Gasteiger partial charge is 0.276 e. The van der Waals surface area contributed by atoms with Crippen LogP contribution in [0.2, 0.25) is 0 Å². The van der Waals surface area contributed by atoms with Gasteiger partial charge in [0.05, 0.1) is 28.8 Å². The predicted octanol–water partition coefficient (Wildman–Crippen LogP) is 4.90. The molecule has 1 fully saturated rings. The Morgan fingerprint density at radius 3 is 2.67 bits per heavy atom. The van der Waals surface area contributed by atoms with E-state index in [1.807, 2.05) is 11.0 Å². The van der Waals surface area contributed by atoms with E-state index in [1.54, 1.807) is 36.5 Å². The van der Waals surface area contributed by atoms with Gasteiger partial charge in [-0.2, -0.15) is 0 Å². The lowest BCUT2D eigenvalue weighted by Crippen LogP contribution is -2.43. The normalized spacial score (nSPS) is 15.1. The fraction of sp³-hybridized carbons (Fsp3) is 0.207. The lowest BCUT2D eigenvalue weighted by Gasteiger charge is -2.33. The minimum Gasteiger partial charge on any atom is -0.486 e. The van der Waals surface area contributed by atoms with Crippen molar-refractivity contribution in [2.45, 2.75) is 25.5 Å². The van der Waals surface area contributed by atoms with Crippen LogP contribution in [-0.4, -0.2) is 35.0 Å². The van der Waals surface area contributed by atoms with Crippen molar-refractivity contribution in [3.63, 3.8) is 0 Å². The zero-order chi connectivity index (χ0) is 28.2. The third kappa shape index (κ3) is 5.69. The Hall–Kier alpha value is -4.64. The number of ether oxygens (including phenoxy) is 1. The lowest BCUT2D eigenvalue weighted by atomic mass is 10.1. The summed E-state index contributed by atoms with van der Waals surface area (Å²) in [6.07, 6.45) is 4.83. The molecule has 4 aromatic rings. The summed E-state index contributed by atoms with van der Waals surface area (Å²) in [5.41, 5.74) is 11.6. The zero-order valence-electron chi connectivity index (χ0n) is 21.4. The number of aromatic nitrogens is 2. The summed E-state index contributed by atoms with van der Waals surface area (Å²) in [5.74, 6) is -4.44. The monoisotopic (exact) mass is 548 g/mol. The number of nitrogen functional groups attached to an aromatic ring is 1. The molecular weight excluding hydrogens is 521 g/mol. The molecule has 0 aliphatic carbocycles. The molecule has 1 atom stereocenters. The number of pyridine rings is 2. The SMILES string of the molecule is Nc1cc(F)c(-c2c(F)ccc(OCc3ccccc3)c2F)nc1C(=O)Nc1cnccc1N1CCC[C@H](N)C1. The molecule has 11 heteroatoms. The molecule has 0 bridgehead atoms. The summed E-state index contributed by atoms with van der Waals surface area (Å²) >= 11 is 0. The van der Waals surface area contributed by atoms with Gasteiger partial charge in [-0.3, -0.25) is 9.78 Å². The number of carbonyl (C=O) groups excluding carboxylic acids is 1. The molecule has 5 N–H and O–H groups in total. The van der Waals surface area contributed by atoms with E-state index in [2.05, 4.69) is 15.3 Å². The van der Waals surface area contributed by atoms with Crippen molar-refractivity contribution in [2.24, 2.45) is 5.73 Å². The Kier molecular flexibility index (Phi) is 7.83. The summed E-state index contributed by atoms with van der Waals surface area (Å²) in [5, 5.41) is 2.70. The van der Waals surface area contributed by atoms with Crippen LogP contribution in [-0.2, 0) is 6.61 Å². The maximum atomic E-state index is 15.4. The molecule has 3 heterocycles. The van der Waals surface area contributed by atoms with Gasteiger partial charge < -0.3 is 26.4 Å². The van der Waals surface area contributed by atoms with Crippen LogP contribution in [0.15, 0.2) is 67.0 Å². The maximum Gasteiger partial charge on any atom is 0.276 e. The summed E-state index contributed by atoms with van der Waals surface area (Å²) in [4.78, 5) is 23.4. The molecule has 0 saturated carbocycles. The van der Waals surface area contributed by atoms with Crippen molar-refractivity contribution >= 4 is 23.0 Å². The quantitative estimate of drug-likeness (QED) is 0.301. The van der Waals surface area contributed by atoms with Crippen LogP contribution in [0.1, 0.15) is 28.9 Å². The number of halogens is 3. The number of nitrogens with zero attached hydrogens (tertiary/aromatic N) is 3. The first-order valence-electron chi connectivity index (χ1n) is 12.7. The minimum absolute atomic E-state index is 0.00347. The third-order valence-electron chi connectivity index (χ3n) is 6.60. The number of nitrogens with two attached hydrogens (primary N) is 2. The number of carbonyl (C=O) groups is 1. The molecule has 206 valence electrons. The molecule has 1 saturated heterocycles. The maximum absolute atomic E-state index is 15.4. The molecule has 40 heavy (non-hydrogen) atoms. The van der Waals surface area contributed by atoms with Gasteiger partial charge in [-0.1, -0.05) is 30.3 Å². The molecule has 2 aromatic heterocycles. The topological polar surface area (TPSA) is 119 Å². The van der Waals surface area contributed by atoms with Gasteiger partial charge in [0.15, 0.2) is 23.1 Å². The highest BCUT2D eigenvalue weighted by molar-refractivity contribution is 6.08. The predicted molar refractivity (Wildman–Crippen MR) is 146 cm³/mol. The molecule has 1 aliphatic rings. The first kappa shape index (κ1) is 26.9. The Bertz CT molecular complexity index is 1540. The van der Waals surface area contributed by atoms with E-state index in [1.165, 1.54) is 6.20 Å². The van der Waals surface area contributed by atoms with E-state index in [9.17, 15) is 9.18 Å². The Morgan fingerprint density at radius 1 is 1.10 bits per heavy atom. The number of amides is 1. The largest absolute Gasteiger partial charge is 0.486 e. The highest BCUT2D eigenvalue weighted by Gasteiger charge is 2.26. The second-order valence-corrected chi connectivity index (χ2v) is 9.46. The fourth-order valence-electron chi connectivity index (χ4n) is 4.63. The van der Waals surface area contributed by atoms with E-state index >= 15 is 8.78 Å². The number of rotatable bonds is 7. The molecule has 5 rings (SSSR count). The van der Waals surface area contributed by atoms with E-state index in [0.29, 0.717) is 17.9 Å². The summed E-state index contributed by atoms with van der Waals surface area (Å²) in [6.45, 7) is 1.33. The number of hydrogen-bond donors (Lipinski definition) is 3. The van der Waals surface area contributed by atoms with Crippen molar-refractivity contribution in [3.05, 3.63) is 95.7 Å². The Morgan fingerprint density at radius 2 is 1.90 bits per heavy atom. The zero-order valence-corrected chi connectivity index (χ0v) is 21.4. The van der Waals surface area contributed by atoms with Crippen LogP contribution in [0, 0.1) is 17.5 Å². The van der Waals surface area contributed by atoms with Crippen LogP contribution in [0.3, 0.4) is 0 Å². The van der Waals surface area contributed by atoms with Gasteiger partial charge in [0, 0.05) is 31.4 Å². The number of anilines is 3. The van der Waals surface area contributed by atoms with E-state index < -0.39 is 40.3 Å². The second kappa shape index (κ2) is 11.6. The van der Waals surface area contributed by atoms with Crippen LogP contribution in [0.5, 0.6) is 5.75 Å². The number of piperidine rings is 1. The van der Waals surface area contributed by atoms with Gasteiger partial charge in [-0.05, 0) is 36.6 Å². The minimum atomic E-state index is -1.16.